The normalized spacial score (nSPS) is 18.0. The summed E-state index contributed by atoms with van der Waals surface area (Å²) < 4.78 is 0.859. The van der Waals surface area contributed by atoms with Gasteiger partial charge in [0.15, 0.2) is 4.34 Å². The third-order valence-corrected chi connectivity index (χ3v) is 6.01. The molecule has 1 aliphatic rings. The number of carbonyl (C=O) groups excluding carboxylic acids is 1. The molecule has 128 valence electrons. The van der Waals surface area contributed by atoms with Crippen molar-refractivity contribution in [3.05, 3.63) is 40.9 Å². The summed E-state index contributed by atoms with van der Waals surface area (Å²) in [6, 6.07) is 10.6. The first-order chi connectivity index (χ1) is 11.7. The maximum atomic E-state index is 12.0. The van der Waals surface area contributed by atoms with Crippen molar-refractivity contribution in [1.29, 1.82) is 0 Å². The molecule has 3 rings (SSSR count). The molecule has 2 aromatic rings. The molecule has 0 bridgehead atoms. The number of amides is 1. The highest BCUT2D eigenvalue weighted by Crippen LogP contribution is 2.21. The largest absolute Gasteiger partial charge is 0.355 e. The lowest BCUT2D eigenvalue weighted by Crippen LogP contribution is -2.32. The third-order valence-electron chi connectivity index (χ3n) is 4.04. The van der Waals surface area contributed by atoms with Crippen molar-refractivity contribution >= 4 is 29.0 Å². The van der Waals surface area contributed by atoms with E-state index in [1.54, 1.807) is 0 Å². The molecule has 5 nitrogen and oxygen atoms in total. The summed E-state index contributed by atoms with van der Waals surface area (Å²) in [7, 11) is 0. The first-order valence-corrected chi connectivity index (χ1v) is 9.95. The Kier molecular flexibility index (Phi) is 6.23. The Labute approximate surface area is 150 Å². The predicted molar refractivity (Wildman–Crippen MR) is 98.2 cm³/mol. The zero-order valence-corrected chi connectivity index (χ0v) is 15.4. The van der Waals surface area contributed by atoms with Gasteiger partial charge in [0, 0.05) is 19.6 Å². The van der Waals surface area contributed by atoms with E-state index in [1.165, 1.54) is 28.7 Å². The van der Waals surface area contributed by atoms with E-state index in [0.717, 1.165) is 41.9 Å². The van der Waals surface area contributed by atoms with Gasteiger partial charge >= 0.3 is 0 Å². The number of carbonyl (C=O) groups is 1. The molecule has 0 spiro atoms. The lowest BCUT2D eigenvalue weighted by atomic mass is 10.1. The zero-order chi connectivity index (χ0) is 16.8. The molecular weight excluding hydrogens is 340 g/mol. The van der Waals surface area contributed by atoms with Crippen LogP contribution in [-0.4, -0.2) is 46.4 Å². The maximum Gasteiger partial charge on any atom is 0.230 e. The van der Waals surface area contributed by atoms with E-state index in [0.29, 0.717) is 11.7 Å². The van der Waals surface area contributed by atoms with Gasteiger partial charge in [-0.15, -0.1) is 10.2 Å². The van der Waals surface area contributed by atoms with Crippen molar-refractivity contribution < 1.29 is 4.79 Å². The molecular formula is C17H22N4OS2. The molecule has 24 heavy (non-hydrogen) atoms. The first kappa shape index (κ1) is 17.4. The van der Waals surface area contributed by atoms with Crippen LogP contribution in [0.4, 0.5) is 0 Å². The Bertz CT molecular complexity index is 662. The Morgan fingerprint density at radius 3 is 2.96 bits per heavy atom. The summed E-state index contributed by atoms with van der Waals surface area (Å²) in [6.45, 7) is 5.84. The fraction of sp³-hybridized carbons (Fsp3) is 0.471. The van der Waals surface area contributed by atoms with Gasteiger partial charge in [-0.2, -0.15) is 0 Å². The molecule has 0 radical (unpaired) electrons. The first-order valence-electron chi connectivity index (χ1n) is 8.15. The molecule has 1 fully saturated rings. The molecule has 1 aromatic heterocycles. The smallest absolute Gasteiger partial charge is 0.230 e. The van der Waals surface area contributed by atoms with E-state index in [9.17, 15) is 4.79 Å². The van der Waals surface area contributed by atoms with Gasteiger partial charge in [-0.3, -0.25) is 9.69 Å². The van der Waals surface area contributed by atoms with Crippen molar-refractivity contribution in [2.24, 2.45) is 5.92 Å². The van der Waals surface area contributed by atoms with E-state index >= 15 is 0 Å². The molecule has 1 atom stereocenters. The summed E-state index contributed by atoms with van der Waals surface area (Å²) in [4.78, 5) is 14.4. The molecule has 7 heteroatoms. The van der Waals surface area contributed by atoms with Crippen molar-refractivity contribution in [3.63, 3.8) is 0 Å². The number of hydrogen-bond donors (Lipinski definition) is 1. The molecule has 1 saturated heterocycles. The number of likely N-dealkylation sites (tertiary alicyclic amines) is 1. The van der Waals surface area contributed by atoms with Gasteiger partial charge in [-0.1, -0.05) is 53.4 Å². The summed E-state index contributed by atoms with van der Waals surface area (Å²) in [5.41, 5.74) is 1.35. The highest BCUT2D eigenvalue weighted by molar-refractivity contribution is 8.01. The second-order valence-corrected chi connectivity index (χ2v) is 8.46. The maximum absolute atomic E-state index is 12.0. The number of aromatic nitrogens is 2. The fourth-order valence-electron chi connectivity index (χ4n) is 2.84. The van der Waals surface area contributed by atoms with Crippen LogP contribution in [0.15, 0.2) is 34.7 Å². The van der Waals surface area contributed by atoms with E-state index in [-0.39, 0.29) is 5.91 Å². The van der Waals surface area contributed by atoms with Crippen molar-refractivity contribution in [1.82, 2.24) is 20.4 Å². The Morgan fingerprint density at radius 1 is 1.38 bits per heavy atom. The molecule has 1 aromatic carbocycles. The Morgan fingerprint density at radius 2 is 2.21 bits per heavy atom. The second kappa shape index (κ2) is 8.60. The molecule has 1 amide bonds. The average Bonchev–Trinajstić information content (AvgIpc) is 3.21. The minimum Gasteiger partial charge on any atom is -0.355 e. The number of benzene rings is 1. The molecule has 0 aliphatic carbocycles. The van der Waals surface area contributed by atoms with Crippen LogP contribution in [0.1, 0.15) is 17.0 Å². The van der Waals surface area contributed by atoms with Gasteiger partial charge in [0.25, 0.3) is 0 Å². The Balaban J connectivity index is 1.34. The fourth-order valence-corrected chi connectivity index (χ4v) is 4.48. The minimum atomic E-state index is 0.0781. The highest BCUT2D eigenvalue weighted by Gasteiger charge is 2.22. The number of nitrogens with one attached hydrogen (secondary N) is 1. The van der Waals surface area contributed by atoms with Gasteiger partial charge in [0.1, 0.15) is 5.01 Å². The van der Waals surface area contributed by atoms with Gasteiger partial charge in [0.05, 0.1) is 5.75 Å². The lowest BCUT2D eigenvalue weighted by molar-refractivity contribution is -0.118. The summed E-state index contributed by atoms with van der Waals surface area (Å²) in [6.07, 6.45) is 1.15. The summed E-state index contributed by atoms with van der Waals surface area (Å²) >= 11 is 2.98. The second-order valence-electron chi connectivity index (χ2n) is 6.06. The average molecular weight is 363 g/mol. The van der Waals surface area contributed by atoms with Crippen LogP contribution >= 0.6 is 23.1 Å². The third kappa shape index (κ3) is 5.29. The van der Waals surface area contributed by atoms with E-state index in [4.69, 9.17) is 0 Å². The topological polar surface area (TPSA) is 58.1 Å². The van der Waals surface area contributed by atoms with Crippen LogP contribution in [0.2, 0.25) is 0 Å². The van der Waals surface area contributed by atoms with Crippen LogP contribution in [-0.2, 0) is 11.3 Å². The number of nitrogens with zero attached hydrogens (tertiary/aromatic N) is 3. The molecule has 0 saturated carbocycles. The standard InChI is InChI=1S/C17H22N4OS2/c1-13-19-20-17(24-13)23-12-16(22)18-9-15-7-8-21(11-15)10-14-5-3-2-4-6-14/h2-6,15H,7-12H2,1H3,(H,18,22). The summed E-state index contributed by atoms with van der Waals surface area (Å²) in [5.74, 6) is 1.04. The summed E-state index contributed by atoms with van der Waals surface area (Å²) in [5, 5.41) is 12.0. The van der Waals surface area contributed by atoms with E-state index in [1.807, 2.05) is 13.0 Å². The predicted octanol–water partition coefficient (Wildman–Crippen LogP) is 2.58. The number of thioether (sulfide) groups is 1. The molecule has 2 heterocycles. The van der Waals surface area contributed by atoms with Crippen LogP contribution in [0.25, 0.3) is 0 Å². The lowest BCUT2D eigenvalue weighted by Gasteiger charge is -2.16. The van der Waals surface area contributed by atoms with Crippen LogP contribution in [0, 0.1) is 12.8 Å². The Hall–Kier alpha value is -1.44. The van der Waals surface area contributed by atoms with Gasteiger partial charge in [-0.25, -0.2) is 0 Å². The van der Waals surface area contributed by atoms with Gasteiger partial charge in [-0.05, 0) is 31.4 Å². The van der Waals surface area contributed by atoms with E-state index < -0.39 is 0 Å². The van der Waals surface area contributed by atoms with E-state index in [2.05, 4.69) is 44.7 Å². The van der Waals surface area contributed by atoms with Crippen LogP contribution < -0.4 is 5.32 Å². The molecule has 1 unspecified atom stereocenters. The SMILES string of the molecule is Cc1nnc(SCC(=O)NCC2CCN(Cc3ccccc3)C2)s1. The van der Waals surface area contributed by atoms with Crippen molar-refractivity contribution in [3.8, 4) is 0 Å². The van der Waals surface area contributed by atoms with Crippen LogP contribution in [0.3, 0.4) is 0 Å². The zero-order valence-electron chi connectivity index (χ0n) is 13.8. The number of hydrogen-bond acceptors (Lipinski definition) is 6. The molecule has 1 N–H and O–H groups in total. The van der Waals surface area contributed by atoms with Gasteiger partial charge in [0.2, 0.25) is 5.91 Å². The molecule has 1 aliphatic heterocycles. The number of rotatable bonds is 7. The van der Waals surface area contributed by atoms with Crippen molar-refractivity contribution in [2.45, 2.75) is 24.2 Å². The van der Waals surface area contributed by atoms with Crippen molar-refractivity contribution in [2.75, 3.05) is 25.4 Å². The quantitative estimate of drug-likeness (QED) is 0.767. The number of aryl methyl sites for hydroxylation is 1. The van der Waals surface area contributed by atoms with Gasteiger partial charge < -0.3 is 5.32 Å². The van der Waals surface area contributed by atoms with Crippen LogP contribution in [0.5, 0.6) is 0 Å². The minimum absolute atomic E-state index is 0.0781. The monoisotopic (exact) mass is 362 g/mol. The highest BCUT2D eigenvalue weighted by atomic mass is 32.2.